The van der Waals surface area contributed by atoms with E-state index in [9.17, 15) is 9.59 Å². The maximum atomic E-state index is 12.4. The molecule has 2 aromatic heterocycles. The van der Waals surface area contributed by atoms with E-state index in [0.29, 0.717) is 12.1 Å². The molecule has 3 rings (SSSR count). The quantitative estimate of drug-likeness (QED) is 0.630. The molecule has 30 heavy (non-hydrogen) atoms. The highest BCUT2D eigenvalue weighted by atomic mass is 32.1. The SMILES string of the molecule is CC(NC(=O)c1ccc(C(C)(C)C)cc1)C(=O)NCc1nc(-c2ccncc2)cs1. The van der Waals surface area contributed by atoms with Crippen LogP contribution in [0.1, 0.15) is 48.6 Å². The van der Waals surface area contributed by atoms with E-state index in [1.54, 1.807) is 31.5 Å². The Hall–Kier alpha value is -3.06. The summed E-state index contributed by atoms with van der Waals surface area (Å²) in [6, 6.07) is 10.6. The predicted molar refractivity (Wildman–Crippen MR) is 119 cm³/mol. The van der Waals surface area contributed by atoms with E-state index in [4.69, 9.17) is 0 Å². The Morgan fingerprint density at radius 2 is 1.73 bits per heavy atom. The summed E-state index contributed by atoms with van der Waals surface area (Å²) in [5, 5.41) is 8.32. The van der Waals surface area contributed by atoms with E-state index in [-0.39, 0.29) is 17.2 Å². The third kappa shape index (κ3) is 5.51. The zero-order valence-corrected chi connectivity index (χ0v) is 18.4. The molecular formula is C23H26N4O2S. The molecule has 0 aliphatic rings. The molecule has 2 heterocycles. The molecule has 1 atom stereocenters. The summed E-state index contributed by atoms with van der Waals surface area (Å²) in [5.74, 6) is -0.525. The summed E-state index contributed by atoms with van der Waals surface area (Å²) in [5.41, 5.74) is 3.54. The lowest BCUT2D eigenvalue weighted by molar-refractivity contribution is -0.122. The average Bonchev–Trinajstić information content (AvgIpc) is 3.21. The number of amides is 2. The minimum absolute atomic E-state index is 0.0231. The van der Waals surface area contributed by atoms with Gasteiger partial charge in [-0.15, -0.1) is 11.3 Å². The van der Waals surface area contributed by atoms with Crippen molar-refractivity contribution in [2.24, 2.45) is 0 Å². The van der Waals surface area contributed by atoms with Gasteiger partial charge in [-0.05, 0) is 42.2 Å². The van der Waals surface area contributed by atoms with Gasteiger partial charge in [0.2, 0.25) is 5.91 Å². The second-order valence-corrected chi connectivity index (χ2v) is 9.05. The summed E-state index contributed by atoms with van der Waals surface area (Å²) < 4.78 is 0. The van der Waals surface area contributed by atoms with Crippen LogP contribution in [-0.2, 0) is 16.8 Å². The van der Waals surface area contributed by atoms with Gasteiger partial charge in [-0.2, -0.15) is 0 Å². The minimum Gasteiger partial charge on any atom is -0.348 e. The Labute approximate surface area is 180 Å². The zero-order valence-electron chi connectivity index (χ0n) is 17.6. The first kappa shape index (κ1) is 21.6. The standard InChI is InChI=1S/C23H26N4O2S/c1-15(26-22(29)17-5-7-18(8-6-17)23(2,3)4)21(28)25-13-20-27-19(14-30-20)16-9-11-24-12-10-16/h5-12,14-15H,13H2,1-4H3,(H,25,28)(H,26,29). The van der Waals surface area contributed by atoms with E-state index < -0.39 is 6.04 Å². The largest absolute Gasteiger partial charge is 0.348 e. The van der Waals surface area contributed by atoms with Gasteiger partial charge in [-0.25, -0.2) is 4.98 Å². The molecular weight excluding hydrogens is 396 g/mol. The summed E-state index contributed by atoms with van der Waals surface area (Å²) in [6.07, 6.45) is 3.44. The van der Waals surface area contributed by atoms with Crippen LogP contribution in [-0.4, -0.2) is 27.8 Å². The van der Waals surface area contributed by atoms with Crippen molar-refractivity contribution in [3.05, 3.63) is 70.3 Å². The maximum Gasteiger partial charge on any atom is 0.251 e. The number of thiazole rings is 1. The molecule has 1 unspecified atom stereocenters. The third-order valence-corrected chi connectivity index (χ3v) is 5.54. The summed E-state index contributed by atoms with van der Waals surface area (Å²) >= 11 is 1.48. The van der Waals surface area contributed by atoms with E-state index >= 15 is 0 Å². The highest BCUT2D eigenvalue weighted by Gasteiger charge is 2.18. The molecule has 0 aliphatic carbocycles. The van der Waals surface area contributed by atoms with Gasteiger partial charge in [0.25, 0.3) is 5.91 Å². The number of carbonyl (C=O) groups excluding carboxylic acids is 2. The topological polar surface area (TPSA) is 84.0 Å². The van der Waals surface area contributed by atoms with Crippen LogP contribution >= 0.6 is 11.3 Å². The molecule has 0 aliphatic heterocycles. The monoisotopic (exact) mass is 422 g/mol. The normalized spacial score (nSPS) is 12.3. The van der Waals surface area contributed by atoms with Crippen LogP contribution < -0.4 is 10.6 Å². The fourth-order valence-electron chi connectivity index (χ4n) is 2.83. The summed E-state index contributed by atoms with van der Waals surface area (Å²) in [6.45, 7) is 8.35. The van der Waals surface area contributed by atoms with Gasteiger partial charge in [-0.1, -0.05) is 32.9 Å². The number of pyridine rings is 1. The van der Waals surface area contributed by atoms with Crippen molar-refractivity contribution in [3.8, 4) is 11.3 Å². The molecule has 0 bridgehead atoms. The Bertz CT molecular complexity index is 1010. The highest BCUT2D eigenvalue weighted by Crippen LogP contribution is 2.22. The fourth-order valence-corrected chi connectivity index (χ4v) is 3.57. The van der Waals surface area contributed by atoms with Crippen molar-refractivity contribution in [3.63, 3.8) is 0 Å². The fraction of sp³-hybridized carbons (Fsp3) is 0.304. The molecule has 1 aromatic carbocycles. The minimum atomic E-state index is -0.653. The van der Waals surface area contributed by atoms with Gasteiger partial charge in [0, 0.05) is 28.9 Å². The second-order valence-electron chi connectivity index (χ2n) is 8.10. The molecule has 3 aromatic rings. The van der Waals surface area contributed by atoms with Crippen LogP contribution in [0.5, 0.6) is 0 Å². The molecule has 0 spiro atoms. The van der Waals surface area contributed by atoms with Crippen molar-refractivity contribution in [2.45, 2.75) is 45.7 Å². The number of benzene rings is 1. The lowest BCUT2D eigenvalue weighted by Gasteiger charge is -2.19. The highest BCUT2D eigenvalue weighted by molar-refractivity contribution is 7.09. The molecule has 0 saturated carbocycles. The molecule has 0 radical (unpaired) electrons. The van der Waals surface area contributed by atoms with Crippen molar-refractivity contribution in [1.29, 1.82) is 0 Å². The van der Waals surface area contributed by atoms with E-state index in [1.807, 2.05) is 29.6 Å². The molecule has 0 fully saturated rings. The Morgan fingerprint density at radius 3 is 2.37 bits per heavy atom. The van der Waals surface area contributed by atoms with Gasteiger partial charge in [0.05, 0.1) is 12.2 Å². The number of hydrogen-bond acceptors (Lipinski definition) is 5. The van der Waals surface area contributed by atoms with Crippen LogP contribution in [0.4, 0.5) is 0 Å². The number of rotatable bonds is 6. The molecule has 156 valence electrons. The Morgan fingerprint density at radius 1 is 1.07 bits per heavy atom. The van der Waals surface area contributed by atoms with Gasteiger partial charge < -0.3 is 10.6 Å². The molecule has 2 N–H and O–H groups in total. The molecule has 7 heteroatoms. The second kappa shape index (κ2) is 9.17. The Balaban J connectivity index is 1.52. The number of nitrogens with one attached hydrogen (secondary N) is 2. The average molecular weight is 423 g/mol. The number of aromatic nitrogens is 2. The van der Waals surface area contributed by atoms with Crippen molar-refractivity contribution in [1.82, 2.24) is 20.6 Å². The lowest BCUT2D eigenvalue weighted by atomic mass is 9.86. The first-order valence-electron chi connectivity index (χ1n) is 9.78. The number of carbonyl (C=O) groups is 2. The van der Waals surface area contributed by atoms with Crippen LogP contribution in [0.25, 0.3) is 11.3 Å². The van der Waals surface area contributed by atoms with Crippen molar-refractivity contribution in [2.75, 3.05) is 0 Å². The third-order valence-electron chi connectivity index (χ3n) is 4.70. The lowest BCUT2D eigenvalue weighted by Crippen LogP contribution is -2.44. The van der Waals surface area contributed by atoms with Crippen molar-refractivity contribution >= 4 is 23.2 Å². The Kier molecular flexibility index (Phi) is 6.62. The maximum absolute atomic E-state index is 12.4. The zero-order chi connectivity index (χ0) is 21.7. The van der Waals surface area contributed by atoms with Gasteiger partial charge in [-0.3, -0.25) is 14.6 Å². The summed E-state index contributed by atoms with van der Waals surface area (Å²) in [4.78, 5) is 33.4. The number of hydrogen-bond donors (Lipinski definition) is 2. The van der Waals surface area contributed by atoms with E-state index in [1.165, 1.54) is 11.3 Å². The van der Waals surface area contributed by atoms with E-state index in [2.05, 4.69) is 41.4 Å². The van der Waals surface area contributed by atoms with Crippen LogP contribution in [0.2, 0.25) is 0 Å². The first-order valence-corrected chi connectivity index (χ1v) is 10.7. The van der Waals surface area contributed by atoms with Crippen LogP contribution in [0.15, 0.2) is 54.2 Å². The number of nitrogens with zero attached hydrogens (tertiary/aromatic N) is 2. The first-order chi connectivity index (χ1) is 14.2. The summed E-state index contributed by atoms with van der Waals surface area (Å²) in [7, 11) is 0. The van der Waals surface area contributed by atoms with Gasteiger partial charge in [0.15, 0.2) is 0 Å². The van der Waals surface area contributed by atoms with Gasteiger partial charge >= 0.3 is 0 Å². The smallest absolute Gasteiger partial charge is 0.251 e. The van der Waals surface area contributed by atoms with Crippen LogP contribution in [0, 0.1) is 0 Å². The van der Waals surface area contributed by atoms with Gasteiger partial charge in [0.1, 0.15) is 11.0 Å². The molecule has 6 nitrogen and oxygen atoms in total. The van der Waals surface area contributed by atoms with E-state index in [0.717, 1.165) is 21.8 Å². The van der Waals surface area contributed by atoms with Crippen LogP contribution in [0.3, 0.4) is 0 Å². The molecule has 2 amide bonds. The predicted octanol–water partition coefficient (Wildman–Crippen LogP) is 3.94. The van der Waals surface area contributed by atoms with Crippen molar-refractivity contribution < 1.29 is 9.59 Å². The molecule has 0 saturated heterocycles.